The van der Waals surface area contributed by atoms with Crippen molar-refractivity contribution in [1.29, 1.82) is 0 Å². The molecule has 0 saturated carbocycles. The van der Waals surface area contributed by atoms with E-state index in [9.17, 15) is 4.79 Å². The number of benzene rings is 1. The fourth-order valence-electron chi connectivity index (χ4n) is 2.28. The predicted octanol–water partition coefficient (Wildman–Crippen LogP) is 2.93. The molecule has 0 atom stereocenters. The van der Waals surface area contributed by atoms with Crippen molar-refractivity contribution in [3.05, 3.63) is 53.9 Å². The Morgan fingerprint density at radius 1 is 1.04 bits per heavy atom. The molecule has 23 heavy (non-hydrogen) atoms. The molecular formula is C18H19NO4. The van der Waals surface area contributed by atoms with E-state index in [4.69, 9.17) is 14.2 Å². The first kappa shape index (κ1) is 16.5. The third kappa shape index (κ3) is 3.69. The molecule has 2 aromatic rings. The van der Waals surface area contributed by atoms with E-state index < -0.39 is 0 Å². The van der Waals surface area contributed by atoms with Crippen LogP contribution in [-0.4, -0.2) is 32.6 Å². The topological polar surface area (TPSA) is 57.7 Å². The molecule has 1 heterocycles. The van der Waals surface area contributed by atoms with Gasteiger partial charge in [0.15, 0.2) is 11.5 Å². The maximum Gasteiger partial charge on any atom is 0.203 e. The van der Waals surface area contributed by atoms with E-state index in [-0.39, 0.29) is 0 Å². The number of hydrogen-bond acceptors (Lipinski definition) is 5. The monoisotopic (exact) mass is 313 g/mol. The first-order valence-corrected chi connectivity index (χ1v) is 7.09. The van der Waals surface area contributed by atoms with Gasteiger partial charge in [0.2, 0.25) is 5.75 Å². The van der Waals surface area contributed by atoms with E-state index in [1.165, 1.54) is 14.2 Å². The van der Waals surface area contributed by atoms with E-state index >= 15 is 0 Å². The molecule has 0 N–H and O–H groups in total. The van der Waals surface area contributed by atoms with Crippen LogP contribution in [0.2, 0.25) is 0 Å². The lowest BCUT2D eigenvalue weighted by atomic mass is 10.0. The lowest BCUT2D eigenvalue weighted by Crippen LogP contribution is -1.99. The lowest BCUT2D eigenvalue weighted by Gasteiger charge is -2.15. The molecule has 0 amide bonds. The first-order valence-electron chi connectivity index (χ1n) is 7.09. The Labute approximate surface area is 135 Å². The summed E-state index contributed by atoms with van der Waals surface area (Å²) in [4.78, 5) is 15.8. The Morgan fingerprint density at radius 2 is 1.83 bits per heavy atom. The summed E-state index contributed by atoms with van der Waals surface area (Å²) in [6.07, 6.45) is 4.89. The smallest absolute Gasteiger partial charge is 0.203 e. The summed E-state index contributed by atoms with van der Waals surface area (Å²) in [7, 11) is 4.61. The van der Waals surface area contributed by atoms with Crippen molar-refractivity contribution >= 4 is 11.9 Å². The normalized spacial score (nSPS) is 11.0. The zero-order valence-electron chi connectivity index (χ0n) is 13.4. The first-order chi connectivity index (χ1) is 11.2. The number of aromatic nitrogens is 1. The molecule has 5 nitrogen and oxygen atoms in total. The summed E-state index contributed by atoms with van der Waals surface area (Å²) in [5.41, 5.74) is 2.04. The molecule has 5 heteroatoms. The maximum atomic E-state index is 11.5. The number of allylic oxidation sites excluding steroid dienone is 2. The highest BCUT2D eigenvalue weighted by molar-refractivity contribution is 6.08. The third-order valence-corrected chi connectivity index (χ3v) is 3.40. The fraction of sp³-hybridized carbons (Fsp3) is 0.222. The number of rotatable bonds is 7. The van der Waals surface area contributed by atoms with E-state index in [2.05, 4.69) is 4.98 Å². The standard InChI is InChI=1S/C18H19NO4/c1-21-16-10-9-15(17(22-2)18(16)23-3)13(12-20)7-8-14-6-4-5-11-19-14/h4-7,9-12H,8H2,1-3H3. The number of methoxy groups -OCH3 is 3. The Morgan fingerprint density at radius 3 is 2.39 bits per heavy atom. The van der Waals surface area contributed by atoms with Gasteiger partial charge < -0.3 is 14.2 Å². The Hall–Kier alpha value is -2.82. The Bertz CT molecular complexity index is 696. The summed E-state index contributed by atoms with van der Waals surface area (Å²) in [5.74, 6) is 1.47. The van der Waals surface area contributed by atoms with Crippen LogP contribution in [-0.2, 0) is 11.2 Å². The predicted molar refractivity (Wildman–Crippen MR) is 88.1 cm³/mol. The van der Waals surface area contributed by atoms with Gasteiger partial charge in [0.05, 0.1) is 21.3 Å². The molecule has 0 saturated heterocycles. The second-order valence-electron chi connectivity index (χ2n) is 4.68. The minimum absolute atomic E-state index is 0.457. The summed E-state index contributed by atoms with van der Waals surface area (Å²) in [6, 6.07) is 9.19. The number of nitrogens with zero attached hydrogens (tertiary/aromatic N) is 1. The maximum absolute atomic E-state index is 11.5. The van der Waals surface area contributed by atoms with Gasteiger partial charge in [0.1, 0.15) is 6.29 Å². The van der Waals surface area contributed by atoms with Crippen LogP contribution in [0.1, 0.15) is 11.3 Å². The number of aldehydes is 1. The lowest BCUT2D eigenvalue weighted by molar-refractivity contribution is -0.103. The van der Waals surface area contributed by atoms with Crippen LogP contribution in [0.25, 0.3) is 5.57 Å². The van der Waals surface area contributed by atoms with Gasteiger partial charge in [-0.25, -0.2) is 0 Å². The van der Waals surface area contributed by atoms with E-state index in [1.807, 2.05) is 24.3 Å². The third-order valence-electron chi connectivity index (χ3n) is 3.40. The molecular weight excluding hydrogens is 294 g/mol. The van der Waals surface area contributed by atoms with Crippen LogP contribution >= 0.6 is 0 Å². The highest BCUT2D eigenvalue weighted by atomic mass is 16.5. The molecule has 0 radical (unpaired) electrons. The van der Waals surface area contributed by atoms with Crippen molar-refractivity contribution in [2.45, 2.75) is 6.42 Å². The summed E-state index contributed by atoms with van der Waals surface area (Å²) >= 11 is 0. The zero-order chi connectivity index (χ0) is 16.7. The average Bonchev–Trinajstić information content (AvgIpc) is 2.62. The van der Waals surface area contributed by atoms with Crippen molar-refractivity contribution in [3.8, 4) is 17.2 Å². The number of carbonyl (C=O) groups is 1. The van der Waals surface area contributed by atoms with Gasteiger partial charge in [-0.3, -0.25) is 9.78 Å². The van der Waals surface area contributed by atoms with Gasteiger partial charge in [0.25, 0.3) is 0 Å². The second-order valence-corrected chi connectivity index (χ2v) is 4.68. The van der Waals surface area contributed by atoms with Crippen LogP contribution in [0, 0.1) is 0 Å². The van der Waals surface area contributed by atoms with Gasteiger partial charge >= 0.3 is 0 Å². The quantitative estimate of drug-likeness (QED) is 0.581. The molecule has 1 aromatic carbocycles. The van der Waals surface area contributed by atoms with Crippen LogP contribution in [0.5, 0.6) is 17.2 Å². The molecule has 0 bridgehead atoms. The van der Waals surface area contributed by atoms with Crippen LogP contribution in [0.4, 0.5) is 0 Å². The van der Waals surface area contributed by atoms with Crippen LogP contribution in [0.3, 0.4) is 0 Å². The Kier molecular flexibility index (Phi) is 5.74. The summed E-state index contributed by atoms with van der Waals surface area (Å²) in [6.45, 7) is 0. The molecule has 0 fully saturated rings. The van der Waals surface area contributed by atoms with Crippen LogP contribution < -0.4 is 14.2 Å². The van der Waals surface area contributed by atoms with Crippen molar-refractivity contribution in [3.63, 3.8) is 0 Å². The molecule has 0 aliphatic carbocycles. The summed E-state index contributed by atoms with van der Waals surface area (Å²) < 4.78 is 16.0. The van der Waals surface area contributed by atoms with E-state index in [0.717, 1.165) is 12.0 Å². The van der Waals surface area contributed by atoms with Crippen molar-refractivity contribution < 1.29 is 19.0 Å². The number of ether oxygens (including phenoxy) is 3. The molecule has 2 rings (SSSR count). The Balaban J connectivity index is 2.43. The van der Waals surface area contributed by atoms with E-state index in [1.54, 1.807) is 25.4 Å². The van der Waals surface area contributed by atoms with Gasteiger partial charge in [0, 0.05) is 29.4 Å². The van der Waals surface area contributed by atoms with Gasteiger partial charge in [-0.15, -0.1) is 0 Å². The minimum Gasteiger partial charge on any atom is -0.493 e. The molecule has 120 valence electrons. The van der Waals surface area contributed by atoms with Crippen molar-refractivity contribution in [2.75, 3.05) is 21.3 Å². The zero-order valence-corrected chi connectivity index (χ0v) is 13.4. The number of pyridine rings is 1. The number of carbonyl (C=O) groups excluding carboxylic acids is 1. The number of hydrogen-bond donors (Lipinski definition) is 0. The van der Waals surface area contributed by atoms with Crippen molar-refractivity contribution in [1.82, 2.24) is 4.98 Å². The molecule has 0 aliphatic heterocycles. The SMILES string of the molecule is COc1ccc(C(C=O)=CCc2ccccn2)c(OC)c1OC. The van der Waals surface area contributed by atoms with Gasteiger partial charge in [-0.1, -0.05) is 12.1 Å². The average molecular weight is 313 g/mol. The fourth-order valence-corrected chi connectivity index (χ4v) is 2.28. The molecule has 1 aromatic heterocycles. The van der Waals surface area contributed by atoms with Gasteiger partial charge in [-0.05, 0) is 24.3 Å². The highest BCUT2D eigenvalue weighted by Gasteiger charge is 2.18. The second kappa shape index (κ2) is 7.98. The van der Waals surface area contributed by atoms with Gasteiger partial charge in [-0.2, -0.15) is 0 Å². The summed E-state index contributed by atoms with van der Waals surface area (Å²) in [5, 5.41) is 0. The largest absolute Gasteiger partial charge is 0.493 e. The van der Waals surface area contributed by atoms with E-state index in [0.29, 0.717) is 34.8 Å². The molecule has 0 unspecified atom stereocenters. The van der Waals surface area contributed by atoms with Crippen molar-refractivity contribution in [2.24, 2.45) is 0 Å². The molecule has 0 aliphatic rings. The minimum atomic E-state index is 0.457. The molecule has 0 spiro atoms. The van der Waals surface area contributed by atoms with Crippen LogP contribution in [0.15, 0.2) is 42.6 Å². The highest BCUT2D eigenvalue weighted by Crippen LogP contribution is 2.42.